The third kappa shape index (κ3) is 4.65. The van der Waals surface area contributed by atoms with Gasteiger partial charge < -0.3 is 9.80 Å². The summed E-state index contributed by atoms with van der Waals surface area (Å²) in [6.45, 7) is 15.0. The molecule has 0 saturated carbocycles. The Balaban J connectivity index is 0.00000100. The molecule has 10 rings (SSSR count). The number of para-hydroxylation sites is 5. The predicted molar refractivity (Wildman–Crippen MR) is 229 cm³/mol. The van der Waals surface area contributed by atoms with Crippen LogP contribution in [0.25, 0.3) is 0 Å². The van der Waals surface area contributed by atoms with E-state index in [1.807, 2.05) is 27.7 Å². The fraction of sp³-hybridized carbons (Fsp3) is 0.192. The molecule has 1 aliphatic carbocycles. The lowest BCUT2D eigenvalue weighted by atomic mass is 9.49. The minimum absolute atomic E-state index is 0.134. The monoisotopic (exact) mass is 702 g/mol. The maximum absolute atomic E-state index is 2.56. The molecule has 2 heterocycles. The summed E-state index contributed by atoms with van der Waals surface area (Å²) in [7, 11) is 0. The smallest absolute Gasteiger partial charge is 0.0748 e. The highest BCUT2D eigenvalue weighted by molar-refractivity contribution is 5.93. The van der Waals surface area contributed by atoms with E-state index in [1.165, 1.54) is 67.3 Å². The van der Waals surface area contributed by atoms with E-state index < -0.39 is 10.8 Å². The Morgan fingerprint density at radius 1 is 0.315 bits per heavy atom. The second-order valence-electron chi connectivity index (χ2n) is 14.8. The van der Waals surface area contributed by atoms with Crippen LogP contribution in [0.15, 0.2) is 176 Å². The van der Waals surface area contributed by atoms with Gasteiger partial charge in [0.2, 0.25) is 0 Å². The van der Waals surface area contributed by atoms with Crippen molar-refractivity contribution in [2.24, 2.45) is 0 Å². The average Bonchev–Trinajstić information content (AvgIpc) is 3.23. The molecule has 7 aromatic rings. The molecule has 7 aromatic carbocycles. The number of hydrogen-bond donors (Lipinski definition) is 0. The van der Waals surface area contributed by atoms with Gasteiger partial charge in [-0.2, -0.15) is 0 Å². The second kappa shape index (κ2) is 13.5. The summed E-state index contributed by atoms with van der Waals surface area (Å²) < 4.78 is 0. The molecule has 0 aromatic heterocycles. The van der Waals surface area contributed by atoms with Crippen LogP contribution in [0.4, 0.5) is 28.4 Å². The van der Waals surface area contributed by atoms with Crippen molar-refractivity contribution in [2.75, 3.05) is 9.80 Å². The summed E-state index contributed by atoms with van der Waals surface area (Å²) in [4.78, 5) is 5.01. The van der Waals surface area contributed by atoms with Crippen molar-refractivity contribution >= 4 is 28.4 Å². The van der Waals surface area contributed by atoms with Crippen LogP contribution in [-0.2, 0) is 10.8 Å². The van der Waals surface area contributed by atoms with Crippen molar-refractivity contribution in [3.05, 3.63) is 220 Å². The Hall–Kier alpha value is -5.86. The predicted octanol–water partition coefficient (Wildman–Crippen LogP) is 13.9. The maximum atomic E-state index is 2.56. The highest BCUT2D eigenvalue weighted by Crippen LogP contribution is 2.67. The first-order chi connectivity index (χ1) is 26.5. The Bertz CT molecular complexity index is 2300. The van der Waals surface area contributed by atoms with E-state index in [2.05, 4.69) is 206 Å². The lowest BCUT2D eigenvalue weighted by Crippen LogP contribution is -2.51. The fourth-order valence-electron chi connectivity index (χ4n) is 9.80. The average molecular weight is 703 g/mol. The van der Waals surface area contributed by atoms with Gasteiger partial charge in [-0.3, -0.25) is 0 Å². The van der Waals surface area contributed by atoms with Gasteiger partial charge in [-0.15, -0.1) is 0 Å². The molecule has 0 saturated heterocycles. The van der Waals surface area contributed by atoms with Gasteiger partial charge in [0.25, 0.3) is 0 Å². The van der Waals surface area contributed by atoms with Crippen molar-refractivity contribution in [1.29, 1.82) is 0 Å². The molecule has 0 unspecified atom stereocenters. The zero-order valence-corrected chi connectivity index (χ0v) is 32.6. The molecule has 0 atom stereocenters. The Labute approximate surface area is 322 Å². The van der Waals surface area contributed by atoms with Crippen LogP contribution in [0.1, 0.15) is 93.0 Å². The van der Waals surface area contributed by atoms with E-state index in [0.717, 1.165) is 5.69 Å². The second-order valence-corrected chi connectivity index (χ2v) is 14.8. The van der Waals surface area contributed by atoms with Crippen LogP contribution < -0.4 is 9.80 Å². The van der Waals surface area contributed by atoms with Crippen LogP contribution in [0, 0.1) is 0 Å². The topological polar surface area (TPSA) is 6.48 Å². The molecule has 2 aliphatic heterocycles. The summed E-state index contributed by atoms with van der Waals surface area (Å²) >= 11 is 0. The molecule has 0 radical (unpaired) electrons. The van der Waals surface area contributed by atoms with Crippen molar-refractivity contribution in [1.82, 2.24) is 0 Å². The molecule has 0 bridgehead atoms. The lowest BCUT2D eigenvalue weighted by molar-refractivity contribution is 0.535. The molecule has 2 heteroatoms. The number of rotatable bonds is 1. The largest absolute Gasteiger partial charge is 0.336 e. The summed E-state index contributed by atoms with van der Waals surface area (Å²) in [5, 5.41) is 0. The molecular formula is C52H50N2. The number of nitrogens with zero attached hydrogens (tertiary/aromatic N) is 2. The van der Waals surface area contributed by atoms with Gasteiger partial charge in [0.1, 0.15) is 0 Å². The van der Waals surface area contributed by atoms with Crippen LogP contribution in [0.5, 0.6) is 0 Å². The minimum Gasteiger partial charge on any atom is -0.336 e. The van der Waals surface area contributed by atoms with E-state index >= 15 is 0 Å². The molecule has 54 heavy (non-hydrogen) atoms. The van der Waals surface area contributed by atoms with Gasteiger partial charge in [-0.1, -0.05) is 167 Å². The zero-order chi connectivity index (χ0) is 37.7. The van der Waals surface area contributed by atoms with Crippen LogP contribution in [0.3, 0.4) is 0 Å². The van der Waals surface area contributed by atoms with Crippen molar-refractivity contribution in [2.45, 2.75) is 64.8 Å². The van der Waals surface area contributed by atoms with E-state index in [9.17, 15) is 0 Å². The number of benzene rings is 7. The molecule has 2 spiro atoms. The van der Waals surface area contributed by atoms with Crippen LogP contribution in [-0.4, -0.2) is 5.54 Å². The zero-order valence-electron chi connectivity index (χ0n) is 32.6. The van der Waals surface area contributed by atoms with E-state index in [1.54, 1.807) is 0 Å². The quantitative estimate of drug-likeness (QED) is 0.168. The molecule has 2 nitrogen and oxygen atoms in total. The number of hydrogen-bond acceptors (Lipinski definition) is 2. The molecule has 268 valence electrons. The van der Waals surface area contributed by atoms with Crippen LogP contribution in [0.2, 0.25) is 0 Å². The van der Waals surface area contributed by atoms with Crippen molar-refractivity contribution in [3.63, 3.8) is 0 Å². The van der Waals surface area contributed by atoms with Gasteiger partial charge in [-0.05, 0) is 102 Å². The van der Waals surface area contributed by atoms with E-state index in [-0.39, 0.29) is 5.54 Å². The van der Waals surface area contributed by atoms with E-state index in [4.69, 9.17) is 0 Å². The first-order valence-electron chi connectivity index (χ1n) is 19.7. The summed E-state index contributed by atoms with van der Waals surface area (Å²) in [5.74, 6) is 0. The van der Waals surface area contributed by atoms with E-state index in [0.29, 0.717) is 0 Å². The fourth-order valence-corrected chi connectivity index (χ4v) is 9.80. The highest BCUT2D eigenvalue weighted by atomic mass is 15.2. The first-order valence-corrected chi connectivity index (χ1v) is 19.7. The van der Waals surface area contributed by atoms with Gasteiger partial charge in [0.05, 0.1) is 22.2 Å². The normalized spacial score (nSPS) is 14.8. The minimum atomic E-state index is -0.554. The molecule has 0 fully saturated rings. The third-order valence-electron chi connectivity index (χ3n) is 11.4. The number of fused-ring (bicyclic) bond motifs is 14. The van der Waals surface area contributed by atoms with Crippen molar-refractivity contribution in [3.8, 4) is 0 Å². The third-order valence-corrected chi connectivity index (χ3v) is 11.4. The molecule has 0 amide bonds. The van der Waals surface area contributed by atoms with Gasteiger partial charge >= 0.3 is 0 Å². The maximum Gasteiger partial charge on any atom is 0.0748 e. The standard InChI is InChI=1S/C48H38N2.2C2H6/c1-46(2,3)50-44-31-17-13-27-40(44)48(41-28-14-18-32-45(41)50)36-23-9-7-21-34(36)47(35-22-8-10-24-37(35)48)38-25-11-15-29-42(38)49(33-19-5-4-6-20-33)43-30-16-12-26-39(43)47;2*1-2/h4-32H,1-3H3;2*1-2H3. The lowest BCUT2D eigenvalue weighted by Gasteiger charge is -2.57. The Morgan fingerprint density at radius 3 is 0.907 bits per heavy atom. The SMILES string of the molecule is CC.CC.CC(C)(C)N1c2ccccc2C2(c3ccccc31)c1ccccc1C1(c3ccccc3N(c3ccccc3)c3ccccc31)c1ccccc12. The highest BCUT2D eigenvalue weighted by Gasteiger charge is 2.59. The van der Waals surface area contributed by atoms with Crippen molar-refractivity contribution < 1.29 is 0 Å². The molecular weight excluding hydrogens is 653 g/mol. The van der Waals surface area contributed by atoms with Gasteiger partial charge in [0, 0.05) is 22.6 Å². The Morgan fingerprint density at radius 2 is 0.574 bits per heavy atom. The summed E-state index contributed by atoms with van der Waals surface area (Å²) in [6, 6.07) is 66.0. The van der Waals surface area contributed by atoms with Crippen LogP contribution >= 0.6 is 0 Å². The van der Waals surface area contributed by atoms with Gasteiger partial charge in [-0.25, -0.2) is 0 Å². The van der Waals surface area contributed by atoms with Gasteiger partial charge in [0.15, 0.2) is 0 Å². The summed E-state index contributed by atoms with van der Waals surface area (Å²) in [5.41, 5.74) is 15.5. The summed E-state index contributed by atoms with van der Waals surface area (Å²) in [6.07, 6.45) is 0. The molecule has 0 N–H and O–H groups in total. The Kier molecular flexibility index (Phi) is 8.81. The number of anilines is 5. The first kappa shape index (κ1) is 35.2. The molecule has 3 aliphatic rings.